The van der Waals surface area contributed by atoms with Gasteiger partial charge in [-0.1, -0.05) is 26.0 Å². The predicted molar refractivity (Wildman–Crippen MR) is 64.6 cm³/mol. The van der Waals surface area contributed by atoms with E-state index in [0.717, 1.165) is 0 Å². The molecule has 0 aliphatic heterocycles. The van der Waals surface area contributed by atoms with Gasteiger partial charge in [0.05, 0.1) is 12.1 Å². The smallest absolute Gasteiger partial charge is 0.168 e. The maximum absolute atomic E-state index is 12.2. The van der Waals surface area contributed by atoms with Gasteiger partial charge in [-0.3, -0.25) is 9.48 Å². The maximum atomic E-state index is 12.2. The van der Waals surface area contributed by atoms with Crippen LogP contribution in [0.4, 0.5) is 0 Å². The van der Waals surface area contributed by atoms with E-state index < -0.39 is 6.10 Å². The molecular formula is C12H21N3O2. The minimum atomic E-state index is -0.394. The average molecular weight is 239 g/mol. The number of ether oxygens (including phenoxy) is 1. The quantitative estimate of drug-likeness (QED) is 0.779. The van der Waals surface area contributed by atoms with Crippen LogP contribution in [-0.2, 0) is 23.0 Å². The van der Waals surface area contributed by atoms with Crippen LogP contribution in [0.2, 0.25) is 0 Å². The van der Waals surface area contributed by atoms with Gasteiger partial charge in [-0.25, -0.2) is 0 Å². The van der Waals surface area contributed by atoms with Gasteiger partial charge in [-0.15, -0.1) is 5.10 Å². The van der Waals surface area contributed by atoms with Gasteiger partial charge in [0.1, 0.15) is 6.10 Å². The maximum Gasteiger partial charge on any atom is 0.168 e. The van der Waals surface area contributed by atoms with Gasteiger partial charge in [-0.2, -0.15) is 0 Å². The van der Waals surface area contributed by atoms with Crippen LogP contribution in [0.1, 0.15) is 33.4 Å². The van der Waals surface area contributed by atoms with Crippen molar-refractivity contribution in [2.75, 3.05) is 6.61 Å². The number of aryl methyl sites for hydroxylation is 1. The molecule has 0 aromatic carbocycles. The molecule has 0 aliphatic rings. The van der Waals surface area contributed by atoms with Crippen LogP contribution in [0.15, 0.2) is 6.20 Å². The van der Waals surface area contributed by atoms with E-state index >= 15 is 0 Å². The largest absolute Gasteiger partial charge is 0.370 e. The second-order valence-electron chi connectivity index (χ2n) is 5.23. The normalized spacial score (nSPS) is 13.7. The van der Waals surface area contributed by atoms with Gasteiger partial charge in [-0.05, 0) is 12.3 Å². The molecule has 0 amide bonds. The lowest BCUT2D eigenvalue weighted by Gasteiger charge is -2.28. The third-order valence-electron chi connectivity index (χ3n) is 2.42. The van der Waals surface area contributed by atoms with E-state index in [2.05, 4.69) is 10.3 Å². The van der Waals surface area contributed by atoms with Gasteiger partial charge >= 0.3 is 0 Å². The first-order valence-corrected chi connectivity index (χ1v) is 5.84. The van der Waals surface area contributed by atoms with Crippen LogP contribution in [0.5, 0.6) is 0 Å². The molecule has 1 unspecified atom stereocenters. The highest BCUT2D eigenvalue weighted by molar-refractivity contribution is 5.85. The van der Waals surface area contributed by atoms with E-state index in [1.165, 1.54) is 0 Å². The molecule has 1 heterocycles. The fourth-order valence-corrected chi connectivity index (χ4v) is 1.74. The number of ketones is 1. The van der Waals surface area contributed by atoms with Crippen molar-refractivity contribution < 1.29 is 9.53 Å². The van der Waals surface area contributed by atoms with Crippen molar-refractivity contribution in [1.82, 2.24) is 15.0 Å². The molecule has 1 aromatic rings. The van der Waals surface area contributed by atoms with Crippen molar-refractivity contribution in [3.8, 4) is 0 Å². The van der Waals surface area contributed by atoms with Crippen LogP contribution in [0, 0.1) is 5.41 Å². The Balaban J connectivity index is 2.72. The molecule has 5 nitrogen and oxygen atoms in total. The number of nitrogens with zero attached hydrogens (tertiary/aromatic N) is 3. The number of carbonyl (C=O) groups is 1. The van der Waals surface area contributed by atoms with Crippen LogP contribution < -0.4 is 0 Å². The van der Waals surface area contributed by atoms with Crippen molar-refractivity contribution in [1.29, 1.82) is 0 Å². The lowest BCUT2D eigenvalue weighted by molar-refractivity contribution is -0.136. The highest BCUT2D eigenvalue weighted by atomic mass is 16.5. The Morgan fingerprint density at radius 3 is 2.59 bits per heavy atom. The Labute approximate surface area is 102 Å². The number of aromatic nitrogens is 3. The first-order chi connectivity index (χ1) is 7.84. The summed E-state index contributed by atoms with van der Waals surface area (Å²) in [7, 11) is 1.78. The van der Waals surface area contributed by atoms with E-state index in [1.807, 2.05) is 27.7 Å². The molecule has 0 N–H and O–H groups in total. The number of hydrogen-bond acceptors (Lipinski definition) is 4. The molecule has 1 atom stereocenters. The van der Waals surface area contributed by atoms with Crippen molar-refractivity contribution >= 4 is 5.78 Å². The zero-order valence-corrected chi connectivity index (χ0v) is 11.2. The highest BCUT2D eigenvalue weighted by Crippen LogP contribution is 2.24. The van der Waals surface area contributed by atoms with Gasteiger partial charge < -0.3 is 4.74 Å². The number of hydrogen-bond donors (Lipinski definition) is 0. The summed E-state index contributed by atoms with van der Waals surface area (Å²) in [4.78, 5) is 12.2. The zero-order valence-electron chi connectivity index (χ0n) is 11.2. The van der Waals surface area contributed by atoms with Crippen LogP contribution in [0.25, 0.3) is 0 Å². The fraction of sp³-hybridized carbons (Fsp3) is 0.750. The van der Waals surface area contributed by atoms with Gasteiger partial charge in [0.2, 0.25) is 0 Å². The van der Waals surface area contributed by atoms with Crippen molar-refractivity contribution in [3.05, 3.63) is 11.9 Å². The summed E-state index contributed by atoms with van der Waals surface area (Å²) in [6.07, 6.45) is 1.63. The van der Waals surface area contributed by atoms with E-state index in [-0.39, 0.29) is 17.6 Å². The third-order valence-corrected chi connectivity index (χ3v) is 2.42. The molecule has 0 radical (unpaired) electrons. The van der Waals surface area contributed by atoms with Crippen LogP contribution in [-0.4, -0.2) is 33.5 Å². The topological polar surface area (TPSA) is 57.0 Å². The first-order valence-electron chi connectivity index (χ1n) is 5.84. The third kappa shape index (κ3) is 3.93. The SMILES string of the molecule is CCOC(C(=O)Cc1cn(C)nn1)C(C)(C)C. The summed E-state index contributed by atoms with van der Waals surface area (Å²) < 4.78 is 7.14. The Hall–Kier alpha value is -1.23. The summed E-state index contributed by atoms with van der Waals surface area (Å²) in [5.74, 6) is 0.0554. The lowest BCUT2D eigenvalue weighted by Crippen LogP contribution is -2.38. The van der Waals surface area contributed by atoms with E-state index in [9.17, 15) is 4.79 Å². The van der Waals surface area contributed by atoms with Gasteiger partial charge in [0, 0.05) is 19.9 Å². The standard InChI is InChI=1S/C12H21N3O2/c1-6-17-11(12(2,3)4)10(16)7-9-8-15(5)14-13-9/h8,11H,6-7H2,1-5H3. The summed E-state index contributed by atoms with van der Waals surface area (Å²) in [6.45, 7) is 8.44. The van der Waals surface area contributed by atoms with Crippen LogP contribution >= 0.6 is 0 Å². The van der Waals surface area contributed by atoms with Crippen LogP contribution in [0.3, 0.4) is 0 Å². The monoisotopic (exact) mass is 239 g/mol. The zero-order chi connectivity index (χ0) is 13.1. The number of rotatable bonds is 5. The minimum Gasteiger partial charge on any atom is -0.370 e. The summed E-state index contributed by atoms with van der Waals surface area (Å²) in [5, 5.41) is 7.73. The molecule has 0 saturated carbocycles. The predicted octanol–water partition coefficient (Wildman–Crippen LogP) is 1.38. The molecule has 0 spiro atoms. The second-order valence-corrected chi connectivity index (χ2v) is 5.23. The number of carbonyl (C=O) groups excluding carboxylic acids is 1. The van der Waals surface area contributed by atoms with E-state index in [4.69, 9.17) is 4.74 Å². The van der Waals surface area contributed by atoms with Crippen molar-refractivity contribution in [2.24, 2.45) is 12.5 Å². The molecule has 1 rings (SSSR count). The Kier molecular flexibility index (Phi) is 4.40. The molecule has 96 valence electrons. The summed E-state index contributed by atoms with van der Waals surface area (Å²) in [5.41, 5.74) is 0.487. The molecular weight excluding hydrogens is 218 g/mol. The molecule has 0 fully saturated rings. The molecule has 0 bridgehead atoms. The lowest BCUT2D eigenvalue weighted by atomic mass is 9.85. The van der Waals surface area contributed by atoms with E-state index in [0.29, 0.717) is 12.3 Å². The summed E-state index contributed by atoms with van der Waals surface area (Å²) >= 11 is 0. The Morgan fingerprint density at radius 2 is 2.18 bits per heavy atom. The molecule has 17 heavy (non-hydrogen) atoms. The average Bonchev–Trinajstić information content (AvgIpc) is 2.58. The molecule has 0 saturated heterocycles. The molecule has 5 heteroatoms. The highest BCUT2D eigenvalue weighted by Gasteiger charge is 2.31. The van der Waals surface area contributed by atoms with Crippen molar-refractivity contribution in [2.45, 2.75) is 40.2 Å². The Morgan fingerprint density at radius 1 is 1.53 bits per heavy atom. The van der Waals surface area contributed by atoms with Crippen molar-refractivity contribution in [3.63, 3.8) is 0 Å². The van der Waals surface area contributed by atoms with Gasteiger partial charge in [0.15, 0.2) is 5.78 Å². The first kappa shape index (κ1) is 13.8. The van der Waals surface area contributed by atoms with Gasteiger partial charge in [0.25, 0.3) is 0 Å². The molecule has 1 aromatic heterocycles. The van der Waals surface area contributed by atoms with E-state index in [1.54, 1.807) is 17.9 Å². The summed E-state index contributed by atoms with van der Waals surface area (Å²) in [6, 6.07) is 0. The Bertz CT molecular complexity index is 379. The minimum absolute atomic E-state index is 0.0554. The second kappa shape index (κ2) is 5.40. The molecule has 0 aliphatic carbocycles. The fourth-order valence-electron chi connectivity index (χ4n) is 1.74. The number of Topliss-reactive ketones (excluding diaryl/α,β-unsaturated/α-hetero) is 1.